The molecule has 2 fully saturated rings. The van der Waals surface area contributed by atoms with Gasteiger partial charge in [-0.2, -0.15) is 0 Å². The molecule has 1 aliphatic heterocycles. The van der Waals surface area contributed by atoms with Gasteiger partial charge in [0.15, 0.2) is 0 Å². The minimum Gasteiger partial charge on any atom is -0.309 e. The van der Waals surface area contributed by atoms with Crippen molar-refractivity contribution >= 4 is 0 Å². The van der Waals surface area contributed by atoms with E-state index in [1.807, 2.05) is 12.4 Å². The van der Waals surface area contributed by atoms with Gasteiger partial charge in [-0.3, -0.25) is 4.98 Å². The van der Waals surface area contributed by atoms with E-state index in [1.165, 1.54) is 31.4 Å². The summed E-state index contributed by atoms with van der Waals surface area (Å²) in [6.45, 7) is 1.22. The summed E-state index contributed by atoms with van der Waals surface area (Å²) in [5.41, 5.74) is 2.04. The van der Waals surface area contributed by atoms with Crippen LogP contribution in [0.2, 0.25) is 0 Å². The SMILES string of the molecule is c1cc([C@@H]2NCC23CCC3)ccn1. The van der Waals surface area contributed by atoms with Crippen LogP contribution in [-0.2, 0) is 0 Å². The van der Waals surface area contributed by atoms with Gasteiger partial charge in [0.05, 0.1) is 0 Å². The van der Waals surface area contributed by atoms with E-state index in [-0.39, 0.29) is 0 Å². The Kier molecular flexibility index (Phi) is 1.47. The van der Waals surface area contributed by atoms with E-state index >= 15 is 0 Å². The molecular weight excluding hydrogens is 160 g/mol. The average molecular weight is 174 g/mol. The van der Waals surface area contributed by atoms with Gasteiger partial charge in [0.1, 0.15) is 0 Å². The van der Waals surface area contributed by atoms with E-state index in [0.29, 0.717) is 11.5 Å². The highest BCUT2D eigenvalue weighted by Crippen LogP contribution is 2.54. The molecule has 0 aromatic carbocycles. The third-order valence-corrected chi connectivity index (χ3v) is 3.66. The molecule has 3 rings (SSSR count). The molecule has 1 aliphatic carbocycles. The minimum absolute atomic E-state index is 0.615. The first-order valence-electron chi connectivity index (χ1n) is 5.04. The minimum atomic E-state index is 0.615. The molecule has 0 bridgehead atoms. The van der Waals surface area contributed by atoms with Gasteiger partial charge in [0.2, 0.25) is 0 Å². The maximum atomic E-state index is 4.05. The van der Waals surface area contributed by atoms with Crippen molar-refractivity contribution in [2.24, 2.45) is 5.41 Å². The molecule has 1 saturated carbocycles. The Morgan fingerprint density at radius 1 is 1.31 bits per heavy atom. The summed E-state index contributed by atoms with van der Waals surface area (Å²) in [6, 6.07) is 4.89. The topological polar surface area (TPSA) is 24.9 Å². The molecule has 0 unspecified atom stereocenters. The lowest BCUT2D eigenvalue weighted by Gasteiger charge is -2.56. The molecule has 68 valence electrons. The molecule has 0 amide bonds. The van der Waals surface area contributed by atoms with Gasteiger partial charge >= 0.3 is 0 Å². The van der Waals surface area contributed by atoms with Gasteiger partial charge in [-0.25, -0.2) is 0 Å². The van der Waals surface area contributed by atoms with Gasteiger partial charge in [-0.1, -0.05) is 6.42 Å². The highest BCUT2D eigenvalue weighted by Gasteiger charge is 2.50. The zero-order valence-electron chi connectivity index (χ0n) is 7.66. The smallest absolute Gasteiger partial charge is 0.0390 e. The summed E-state index contributed by atoms with van der Waals surface area (Å²) in [7, 11) is 0. The van der Waals surface area contributed by atoms with Gasteiger partial charge in [0, 0.05) is 30.4 Å². The largest absolute Gasteiger partial charge is 0.309 e. The molecule has 0 radical (unpaired) electrons. The first kappa shape index (κ1) is 7.51. The molecule has 13 heavy (non-hydrogen) atoms. The predicted molar refractivity (Wildman–Crippen MR) is 51.3 cm³/mol. The van der Waals surface area contributed by atoms with Crippen LogP contribution in [0.15, 0.2) is 24.5 Å². The number of hydrogen-bond acceptors (Lipinski definition) is 2. The molecule has 2 heteroatoms. The number of nitrogens with one attached hydrogen (secondary N) is 1. The summed E-state index contributed by atoms with van der Waals surface area (Å²) >= 11 is 0. The lowest BCUT2D eigenvalue weighted by atomic mass is 9.58. The normalized spacial score (nSPS) is 29.4. The second-order valence-electron chi connectivity index (χ2n) is 4.31. The van der Waals surface area contributed by atoms with Crippen LogP contribution >= 0.6 is 0 Å². The lowest BCUT2D eigenvalue weighted by molar-refractivity contribution is -0.00568. The van der Waals surface area contributed by atoms with Crippen LogP contribution in [0, 0.1) is 5.41 Å². The zero-order chi connectivity index (χ0) is 8.73. The van der Waals surface area contributed by atoms with E-state index in [2.05, 4.69) is 22.4 Å². The molecule has 2 nitrogen and oxygen atoms in total. The maximum Gasteiger partial charge on any atom is 0.0390 e. The quantitative estimate of drug-likeness (QED) is 0.703. The molecule has 1 aromatic heterocycles. The van der Waals surface area contributed by atoms with E-state index in [0.717, 1.165) is 0 Å². The Balaban J connectivity index is 1.87. The van der Waals surface area contributed by atoms with E-state index in [1.54, 1.807) is 0 Å². The van der Waals surface area contributed by atoms with Gasteiger partial charge in [0.25, 0.3) is 0 Å². The van der Waals surface area contributed by atoms with Crippen LogP contribution in [-0.4, -0.2) is 11.5 Å². The van der Waals surface area contributed by atoms with Crippen molar-refractivity contribution < 1.29 is 0 Å². The van der Waals surface area contributed by atoms with Gasteiger partial charge in [-0.15, -0.1) is 0 Å². The van der Waals surface area contributed by atoms with Crippen molar-refractivity contribution in [3.63, 3.8) is 0 Å². The van der Waals surface area contributed by atoms with Crippen LogP contribution in [0.4, 0.5) is 0 Å². The summed E-state index contributed by atoms with van der Waals surface area (Å²) < 4.78 is 0. The maximum absolute atomic E-state index is 4.05. The van der Waals surface area contributed by atoms with Crippen LogP contribution in [0.5, 0.6) is 0 Å². The molecule has 2 aliphatic rings. The highest BCUT2D eigenvalue weighted by atomic mass is 15.1. The Hall–Kier alpha value is -0.890. The fourth-order valence-electron chi connectivity index (χ4n) is 2.62. The second-order valence-corrected chi connectivity index (χ2v) is 4.31. The van der Waals surface area contributed by atoms with Crippen molar-refractivity contribution in [1.82, 2.24) is 10.3 Å². The number of aromatic nitrogens is 1. The monoisotopic (exact) mass is 174 g/mol. The van der Waals surface area contributed by atoms with Gasteiger partial charge in [-0.05, 0) is 30.5 Å². The highest BCUT2D eigenvalue weighted by molar-refractivity contribution is 5.24. The molecule has 1 aromatic rings. The molecule has 1 saturated heterocycles. The summed E-state index contributed by atoms with van der Waals surface area (Å²) in [5, 5.41) is 3.53. The number of nitrogens with zero attached hydrogens (tertiary/aromatic N) is 1. The van der Waals surface area contributed by atoms with Crippen LogP contribution in [0.3, 0.4) is 0 Å². The average Bonchev–Trinajstić information content (AvgIpc) is 2.01. The lowest BCUT2D eigenvalue weighted by Crippen LogP contribution is -2.59. The first-order valence-corrected chi connectivity index (χ1v) is 5.04. The van der Waals surface area contributed by atoms with Crippen LogP contribution < -0.4 is 5.32 Å². The Morgan fingerprint density at radius 3 is 2.54 bits per heavy atom. The van der Waals surface area contributed by atoms with Crippen molar-refractivity contribution in [3.8, 4) is 0 Å². The van der Waals surface area contributed by atoms with E-state index < -0.39 is 0 Å². The van der Waals surface area contributed by atoms with E-state index in [9.17, 15) is 0 Å². The third kappa shape index (κ3) is 0.953. The fraction of sp³-hybridized carbons (Fsp3) is 0.545. The number of rotatable bonds is 1. The predicted octanol–water partition coefficient (Wildman–Crippen LogP) is 1.90. The molecule has 1 spiro atoms. The van der Waals surface area contributed by atoms with Crippen molar-refractivity contribution in [1.29, 1.82) is 0 Å². The zero-order valence-corrected chi connectivity index (χ0v) is 7.66. The second kappa shape index (κ2) is 2.55. The third-order valence-electron chi connectivity index (χ3n) is 3.66. The Bertz CT molecular complexity index is 298. The van der Waals surface area contributed by atoms with Crippen LogP contribution in [0.1, 0.15) is 30.9 Å². The number of hydrogen-bond donors (Lipinski definition) is 1. The molecule has 2 heterocycles. The Labute approximate surface area is 78.4 Å². The van der Waals surface area contributed by atoms with E-state index in [4.69, 9.17) is 0 Å². The number of pyridine rings is 1. The Morgan fingerprint density at radius 2 is 2.08 bits per heavy atom. The summed E-state index contributed by atoms with van der Waals surface area (Å²) in [6.07, 6.45) is 8.02. The molecule has 1 atom stereocenters. The van der Waals surface area contributed by atoms with Crippen molar-refractivity contribution in [2.45, 2.75) is 25.3 Å². The van der Waals surface area contributed by atoms with Crippen molar-refractivity contribution in [2.75, 3.05) is 6.54 Å². The molecule has 1 N–H and O–H groups in total. The summed E-state index contributed by atoms with van der Waals surface area (Å²) in [4.78, 5) is 4.05. The van der Waals surface area contributed by atoms with Crippen LogP contribution in [0.25, 0.3) is 0 Å². The summed E-state index contributed by atoms with van der Waals surface area (Å²) in [5.74, 6) is 0. The van der Waals surface area contributed by atoms with Crippen molar-refractivity contribution in [3.05, 3.63) is 30.1 Å². The van der Waals surface area contributed by atoms with Gasteiger partial charge < -0.3 is 5.32 Å². The standard InChI is InChI=1S/C11H14N2/c1-4-11(5-1)8-13-10(11)9-2-6-12-7-3-9/h2-3,6-7,10,13H,1,4-5,8H2/t10-/m0/s1. The fourth-order valence-corrected chi connectivity index (χ4v) is 2.62. The molecular formula is C11H14N2. The first-order chi connectivity index (χ1) is 6.41.